The molecule has 0 bridgehead atoms. The maximum atomic E-state index is 10.9. The van der Waals surface area contributed by atoms with Crippen molar-refractivity contribution in [1.82, 2.24) is 9.97 Å². The van der Waals surface area contributed by atoms with Gasteiger partial charge in [-0.25, -0.2) is 14.8 Å². The minimum atomic E-state index is -0.959. The Kier molecular flexibility index (Phi) is 6.47. The van der Waals surface area contributed by atoms with Crippen LogP contribution in [0, 0.1) is 0 Å². The Bertz CT molecular complexity index is 977. The van der Waals surface area contributed by atoms with Crippen LogP contribution in [0.25, 0.3) is 0 Å². The van der Waals surface area contributed by atoms with Gasteiger partial charge in [-0.05, 0) is 48.4 Å². The van der Waals surface area contributed by atoms with E-state index in [0.29, 0.717) is 29.7 Å². The third kappa shape index (κ3) is 5.35. The number of benzene rings is 2. The van der Waals surface area contributed by atoms with Gasteiger partial charge in [0.2, 0.25) is 0 Å². The van der Waals surface area contributed by atoms with Crippen LogP contribution in [0.1, 0.15) is 15.9 Å². The Balaban J connectivity index is 1.58. The van der Waals surface area contributed by atoms with Crippen molar-refractivity contribution in [3.05, 3.63) is 66.0 Å². The molecule has 3 rings (SSSR count). The summed E-state index contributed by atoms with van der Waals surface area (Å²) in [5.41, 5.74) is 2.09. The van der Waals surface area contributed by atoms with Crippen molar-refractivity contribution in [2.45, 2.75) is 6.42 Å². The van der Waals surface area contributed by atoms with Crippen LogP contribution in [0.4, 0.5) is 17.3 Å². The fourth-order valence-corrected chi connectivity index (χ4v) is 2.74. The number of carboxylic acid groups (broad SMARTS) is 1. The molecule has 0 saturated heterocycles. The number of hydrogen-bond acceptors (Lipinski definition) is 7. The average molecular weight is 394 g/mol. The molecule has 150 valence electrons. The molecule has 0 aliphatic rings. The minimum Gasteiger partial charge on any atom is -0.493 e. The summed E-state index contributed by atoms with van der Waals surface area (Å²) in [6.45, 7) is 0.680. The van der Waals surface area contributed by atoms with E-state index < -0.39 is 5.97 Å². The predicted molar refractivity (Wildman–Crippen MR) is 110 cm³/mol. The molecule has 8 nitrogen and oxygen atoms in total. The van der Waals surface area contributed by atoms with Crippen molar-refractivity contribution in [1.29, 1.82) is 0 Å². The smallest absolute Gasteiger partial charge is 0.335 e. The fraction of sp³-hybridized carbons (Fsp3) is 0.190. The highest BCUT2D eigenvalue weighted by Crippen LogP contribution is 2.27. The average Bonchev–Trinajstić information content (AvgIpc) is 2.74. The van der Waals surface area contributed by atoms with Gasteiger partial charge < -0.3 is 25.2 Å². The monoisotopic (exact) mass is 394 g/mol. The van der Waals surface area contributed by atoms with E-state index in [2.05, 4.69) is 20.6 Å². The van der Waals surface area contributed by atoms with E-state index in [1.807, 2.05) is 18.2 Å². The lowest BCUT2D eigenvalue weighted by molar-refractivity contribution is 0.0697. The van der Waals surface area contributed by atoms with Crippen LogP contribution in [-0.2, 0) is 6.42 Å². The number of ether oxygens (including phenoxy) is 2. The van der Waals surface area contributed by atoms with Crippen molar-refractivity contribution < 1.29 is 19.4 Å². The third-order valence-corrected chi connectivity index (χ3v) is 4.24. The van der Waals surface area contributed by atoms with Gasteiger partial charge >= 0.3 is 5.97 Å². The number of carbonyl (C=O) groups is 1. The second-order valence-electron chi connectivity index (χ2n) is 6.16. The Hall–Kier alpha value is -3.81. The van der Waals surface area contributed by atoms with Gasteiger partial charge in [0.15, 0.2) is 11.5 Å². The van der Waals surface area contributed by atoms with Crippen LogP contribution >= 0.6 is 0 Å². The zero-order valence-corrected chi connectivity index (χ0v) is 16.2. The van der Waals surface area contributed by atoms with Gasteiger partial charge in [0.05, 0.1) is 19.8 Å². The number of aromatic carboxylic acids is 1. The standard InChI is InChI=1S/C21H22N4O4/c1-28-17-8-3-14(11-18(17)29-2)9-10-22-19-12-20(24-13-23-19)25-16-6-4-15(5-7-16)21(26)27/h3-8,11-13H,9-10H2,1-2H3,(H,26,27)(H2,22,23,24,25). The van der Waals surface area contributed by atoms with Gasteiger partial charge in [-0.3, -0.25) is 0 Å². The molecule has 0 atom stereocenters. The molecule has 1 heterocycles. The van der Waals surface area contributed by atoms with Gasteiger partial charge in [-0.15, -0.1) is 0 Å². The summed E-state index contributed by atoms with van der Waals surface area (Å²) in [7, 11) is 3.23. The number of nitrogens with one attached hydrogen (secondary N) is 2. The molecule has 0 saturated carbocycles. The minimum absolute atomic E-state index is 0.232. The van der Waals surface area contributed by atoms with Crippen molar-refractivity contribution in [3.63, 3.8) is 0 Å². The van der Waals surface area contributed by atoms with Gasteiger partial charge in [0, 0.05) is 18.3 Å². The first-order valence-corrected chi connectivity index (χ1v) is 8.96. The number of rotatable bonds is 9. The van der Waals surface area contributed by atoms with E-state index in [1.165, 1.54) is 18.5 Å². The van der Waals surface area contributed by atoms with Crippen LogP contribution < -0.4 is 20.1 Å². The van der Waals surface area contributed by atoms with Crippen LogP contribution in [0.5, 0.6) is 11.5 Å². The van der Waals surface area contributed by atoms with Gasteiger partial charge in [-0.1, -0.05) is 6.07 Å². The summed E-state index contributed by atoms with van der Waals surface area (Å²) in [5, 5.41) is 15.4. The fourth-order valence-electron chi connectivity index (χ4n) is 2.74. The first-order valence-electron chi connectivity index (χ1n) is 8.96. The molecule has 0 amide bonds. The SMILES string of the molecule is COc1ccc(CCNc2cc(Nc3ccc(C(=O)O)cc3)ncn2)cc1OC. The van der Waals surface area contributed by atoms with E-state index in [9.17, 15) is 4.79 Å². The zero-order valence-electron chi connectivity index (χ0n) is 16.2. The lowest BCUT2D eigenvalue weighted by Crippen LogP contribution is -2.07. The quantitative estimate of drug-likeness (QED) is 0.506. The number of aromatic nitrogens is 2. The first-order chi connectivity index (χ1) is 14.1. The number of methoxy groups -OCH3 is 2. The second kappa shape index (κ2) is 9.41. The highest BCUT2D eigenvalue weighted by Gasteiger charge is 2.06. The van der Waals surface area contributed by atoms with Gasteiger partial charge in [0.25, 0.3) is 0 Å². The van der Waals surface area contributed by atoms with Crippen LogP contribution in [0.3, 0.4) is 0 Å². The highest BCUT2D eigenvalue weighted by molar-refractivity contribution is 5.88. The first kappa shape index (κ1) is 19.9. The van der Waals surface area contributed by atoms with E-state index in [1.54, 1.807) is 32.4 Å². The summed E-state index contributed by atoms with van der Waals surface area (Å²) in [4.78, 5) is 19.3. The van der Waals surface area contributed by atoms with Crippen molar-refractivity contribution in [2.24, 2.45) is 0 Å². The molecular weight excluding hydrogens is 372 g/mol. The summed E-state index contributed by atoms with van der Waals surface area (Å²) >= 11 is 0. The molecule has 0 spiro atoms. The van der Waals surface area contributed by atoms with Crippen LogP contribution in [0.15, 0.2) is 54.9 Å². The molecule has 0 fully saturated rings. The number of carboxylic acids is 1. The molecular formula is C21H22N4O4. The molecule has 8 heteroatoms. The molecule has 3 N–H and O–H groups in total. The zero-order chi connectivity index (χ0) is 20.6. The Labute approximate surface area is 168 Å². The molecule has 0 aliphatic heterocycles. The summed E-state index contributed by atoms with van der Waals surface area (Å²) in [6, 6.07) is 14.1. The Morgan fingerprint density at radius 3 is 2.38 bits per heavy atom. The second-order valence-corrected chi connectivity index (χ2v) is 6.16. The van der Waals surface area contributed by atoms with Gasteiger partial charge in [-0.2, -0.15) is 0 Å². The van der Waals surface area contributed by atoms with Crippen LogP contribution in [-0.4, -0.2) is 41.8 Å². The van der Waals surface area contributed by atoms with Crippen molar-refractivity contribution >= 4 is 23.3 Å². The molecule has 0 radical (unpaired) electrons. The van der Waals surface area contributed by atoms with E-state index >= 15 is 0 Å². The molecule has 29 heavy (non-hydrogen) atoms. The third-order valence-electron chi connectivity index (χ3n) is 4.24. The van der Waals surface area contributed by atoms with Crippen LogP contribution in [0.2, 0.25) is 0 Å². The van der Waals surface area contributed by atoms with E-state index in [-0.39, 0.29) is 5.56 Å². The maximum Gasteiger partial charge on any atom is 0.335 e. The molecule has 2 aromatic carbocycles. The topological polar surface area (TPSA) is 106 Å². The summed E-state index contributed by atoms with van der Waals surface area (Å²) in [6.07, 6.45) is 2.25. The van der Waals surface area contributed by atoms with Gasteiger partial charge in [0.1, 0.15) is 18.0 Å². The predicted octanol–water partition coefficient (Wildman–Crippen LogP) is 3.59. The summed E-state index contributed by atoms with van der Waals surface area (Å²) < 4.78 is 10.6. The Morgan fingerprint density at radius 2 is 1.69 bits per heavy atom. The maximum absolute atomic E-state index is 10.9. The number of nitrogens with zero attached hydrogens (tertiary/aromatic N) is 2. The molecule has 3 aromatic rings. The molecule has 0 unspecified atom stereocenters. The normalized spacial score (nSPS) is 10.3. The number of hydrogen-bond donors (Lipinski definition) is 3. The van der Waals surface area contributed by atoms with E-state index in [4.69, 9.17) is 14.6 Å². The lowest BCUT2D eigenvalue weighted by atomic mass is 10.1. The highest BCUT2D eigenvalue weighted by atomic mass is 16.5. The summed E-state index contributed by atoms with van der Waals surface area (Å²) in [5.74, 6) is 1.74. The largest absolute Gasteiger partial charge is 0.493 e. The van der Waals surface area contributed by atoms with Crippen molar-refractivity contribution in [3.8, 4) is 11.5 Å². The molecule has 0 aliphatic carbocycles. The van der Waals surface area contributed by atoms with E-state index in [0.717, 1.165) is 17.7 Å². The number of anilines is 3. The Morgan fingerprint density at radius 1 is 0.966 bits per heavy atom. The van der Waals surface area contributed by atoms with Crippen molar-refractivity contribution in [2.75, 3.05) is 31.4 Å². The lowest BCUT2D eigenvalue weighted by Gasteiger charge is -2.11. The molecule has 1 aromatic heterocycles.